The maximum absolute atomic E-state index is 11.5. The smallest absolute Gasteiger partial charge is 0.293 e. The molecule has 0 saturated heterocycles. The summed E-state index contributed by atoms with van der Waals surface area (Å²) >= 11 is 7.19. The summed E-state index contributed by atoms with van der Waals surface area (Å²) in [6, 6.07) is 0. The molecule has 0 fully saturated rings. The van der Waals surface area contributed by atoms with Crippen LogP contribution >= 0.6 is 22.9 Å². The SMILES string of the molecule is CC(c1cnc(Cl)s1)C1(C(=CN(C)C)[N+](=O)[O-])C=CC=N1. The number of nitro groups is 1. The molecule has 8 heteroatoms. The second-order valence-electron chi connectivity index (χ2n) is 4.93. The van der Waals surface area contributed by atoms with Gasteiger partial charge in [-0.05, 0) is 12.2 Å². The minimum atomic E-state index is -1.04. The average molecular weight is 327 g/mol. The molecular weight excluding hydrogens is 312 g/mol. The predicted octanol–water partition coefficient (Wildman–Crippen LogP) is 2.96. The maximum Gasteiger partial charge on any atom is 0.293 e. The molecule has 1 aliphatic rings. The molecule has 0 aliphatic carbocycles. The highest BCUT2D eigenvalue weighted by Gasteiger charge is 2.47. The number of hydrogen-bond donors (Lipinski definition) is 0. The van der Waals surface area contributed by atoms with Crippen LogP contribution in [0, 0.1) is 10.1 Å². The van der Waals surface area contributed by atoms with Crippen LogP contribution in [0.1, 0.15) is 17.7 Å². The number of aliphatic imine (C=N–C) groups is 1. The standard InChI is InChI=1S/C13H15ClN4O2S/c1-9(10-7-15-12(14)21-10)13(5-4-6-16-13)11(18(19)20)8-17(2)3/h4-9H,1-3H3. The number of thiazole rings is 1. The Morgan fingerprint density at radius 1 is 1.62 bits per heavy atom. The van der Waals surface area contributed by atoms with Gasteiger partial charge in [-0.1, -0.05) is 18.5 Å². The van der Waals surface area contributed by atoms with Gasteiger partial charge in [0, 0.05) is 37.3 Å². The Labute approximate surface area is 131 Å². The highest BCUT2D eigenvalue weighted by Crippen LogP contribution is 2.42. The Bertz CT molecular complexity index is 624. The lowest BCUT2D eigenvalue weighted by atomic mass is 9.82. The van der Waals surface area contributed by atoms with E-state index in [1.54, 1.807) is 43.6 Å². The van der Waals surface area contributed by atoms with Gasteiger partial charge in [-0.25, -0.2) is 4.98 Å². The molecule has 2 heterocycles. The Balaban J connectivity index is 2.53. The number of nitrogens with zero attached hydrogens (tertiary/aromatic N) is 4. The van der Waals surface area contributed by atoms with Gasteiger partial charge in [-0.2, -0.15) is 0 Å². The summed E-state index contributed by atoms with van der Waals surface area (Å²) in [4.78, 5) is 22.1. The number of hydrogen-bond acceptors (Lipinski definition) is 6. The molecule has 2 rings (SSSR count). The molecule has 1 aromatic rings. The molecule has 0 saturated carbocycles. The molecule has 21 heavy (non-hydrogen) atoms. The molecule has 2 atom stereocenters. The van der Waals surface area contributed by atoms with Crippen LogP contribution in [0.25, 0.3) is 0 Å². The molecule has 0 amide bonds. The molecule has 1 aromatic heterocycles. The van der Waals surface area contributed by atoms with Crippen molar-refractivity contribution in [2.24, 2.45) is 4.99 Å². The van der Waals surface area contributed by atoms with E-state index < -0.39 is 5.54 Å². The third-order valence-electron chi connectivity index (χ3n) is 3.29. The van der Waals surface area contributed by atoms with Crippen LogP contribution in [0.5, 0.6) is 0 Å². The minimum absolute atomic E-state index is 0.0227. The van der Waals surface area contributed by atoms with Crippen molar-refractivity contribution in [3.63, 3.8) is 0 Å². The first kappa shape index (κ1) is 15.7. The van der Waals surface area contributed by atoms with Crippen molar-refractivity contribution in [3.05, 3.63) is 49.7 Å². The summed E-state index contributed by atoms with van der Waals surface area (Å²) in [5, 5.41) is 11.5. The van der Waals surface area contributed by atoms with Crippen LogP contribution in [-0.4, -0.2) is 40.7 Å². The van der Waals surface area contributed by atoms with Crippen LogP contribution < -0.4 is 0 Å². The fraction of sp³-hybridized carbons (Fsp3) is 0.385. The average Bonchev–Trinajstić information content (AvgIpc) is 3.04. The molecule has 1 aliphatic heterocycles. The van der Waals surface area contributed by atoms with Crippen molar-refractivity contribution in [3.8, 4) is 0 Å². The lowest BCUT2D eigenvalue weighted by molar-refractivity contribution is -0.434. The molecule has 0 N–H and O–H groups in total. The van der Waals surface area contributed by atoms with E-state index in [1.807, 2.05) is 6.92 Å². The lowest BCUT2D eigenvalue weighted by Crippen LogP contribution is -2.36. The first-order valence-electron chi connectivity index (χ1n) is 6.24. The third-order valence-corrected chi connectivity index (χ3v) is 4.59. The minimum Gasteiger partial charge on any atom is -0.378 e. The quantitative estimate of drug-likeness (QED) is 0.616. The Morgan fingerprint density at radius 2 is 2.33 bits per heavy atom. The second-order valence-corrected chi connectivity index (χ2v) is 6.58. The van der Waals surface area contributed by atoms with E-state index in [-0.39, 0.29) is 16.5 Å². The fourth-order valence-electron chi connectivity index (χ4n) is 2.25. The van der Waals surface area contributed by atoms with Crippen molar-refractivity contribution in [2.45, 2.75) is 18.4 Å². The summed E-state index contributed by atoms with van der Waals surface area (Å²) in [6.07, 6.45) is 8.21. The number of rotatable bonds is 5. The number of halogens is 1. The Kier molecular flexibility index (Phi) is 4.43. The van der Waals surface area contributed by atoms with Gasteiger partial charge < -0.3 is 4.90 Å². The van der Waals surface area contributed by atoms with Crippen molar-refractivity contribution in [2.75, 3.05) is 14.1 Å². The first-order valence-corrected chi connectivity index (χ1v) is 7.43. The van der Waals surface area contributed by atoms with E-state index in [2.05, 4.69) is 9.98 Å². The summed E-state index contributed by atoms with van der Waals surface area (Å²) in [5.74, 6) is -0.242. The highest BCUT2D eigenvalue weighted by atomic mass is 35.5. The van der Waals surface area contributed by atoms with Crippen LogP contribution in [0.3, 0.4) is 0 Å². The van der Waals surface area contributed by atoms with Crippen LogP contribution in [-0.2, 0) is 0 Å². The van der Waals surface area contributed by atoms with Gasteiger partial charge in [0.2, 0.25) is 0 Å². The topological polar surface area (TPSA) is 71.6 Å². The zero-order valence-corrected chi connectivity index (χ0v) is 13.4. The van der Waals surface area contributed by atoms with Crippen LogP contribution in [0.2, 0.25) is 4.47 Å². The van der Waals surface area contributed by atoms with Gasteiger partial charge in [-0.15, -0.1) is 11.3 Å². The maximum atomic E-state index is 11.5. The molecule has 6 nitrogen and oxygen atoms in total. The molecule has 0 bridgehead atoms. The van der Waals surface area contributed by atoms with E-state index in [0.29, 0.717) is 4.47 Å². The highest BCUT2D eigenvalue weighted by molar-refractivity contribution is 7.15. The largest absolute Gasteiger partial charge is 0.378 e. The molecule has 112 valence electrons. The van der Waals surface area contributed by atoms with E-state index in [9.17, 15) is 10.1 Å². The Hall–Kier alpha value is -1.73. The number of allylic oxidation sites excluding steroid dienone is 1. The van der Waals surface area contributed by atoms with Crippen molar-refractivity contribution in [1.82, 2.24) is 9.88 Å². The van der Waals surface area contributed by atoms with Gasteiger partial charge >= 0.3 is 0 Å². The summed E-state index contributed by atoms with van der Waals surface area (Å²) in [6.45, 7) is 1.89. The monoisotopic (exact) mass is 326 g/mol. The van der Waals surface area contributed by atoms with Gasteiger partial charge in [0.15, 0.2) is 10.0 Å². The predicted molar refractivity (Wildman–Crippen MR) is 84.7 cm³/mol. The lowest BCUT2D eigenvalue weighted by Gasteiger charge is -2.28. The molecule has 2 unspecified atom stereocenters. The summed E-state index contributed by atoms with van der Waals surface area (Å²) < 4.78 is 0.414. The summed E-state index contributed by atoms with van der Waals surface area (Å²) in [7, 11) is 3.49. The van der Waals surface area contributed by atoms with Crippen LogP contribution in [0.4, 0.5) is 0 Å². The third kappa shape index (κ3) is 2.98. The summed E-state index contributed by atoms with van der Waals surface area (Å²) in [5.41, 5.74) is -1.02. The van der Waals surface area contributed by atoms with E-state index in [4.69, 9.17) is 11.6 Å². The number of aromatic nitrogens is 1. The fourth-order valence-corrected chi connectivity index (χ4v) is 3.33. The van der Waals surface area contributed by atoms with E-state index >= 15 is 0 Å². The van der Waals surface area contributed by atoms with E-state index in [1.165, 1.54) is 17.5 Å². The molecule has 0 spiro atoms. The van der Waals surface area contributed by atoms with E-state index in [0.717, 1.165) is 4.88 Å². The Morgan fingerprint density at radius 3 is 2.76 bits per heavy atom. The molecule has 0 radical (unpaired) electrons. The van der Waals surface area contributed by atoms with Crippen molar-refractivity contribution >= 4 is 29.2 Å². The molecule has 0 aromatic carbocycles. The zero-order chi connectivity index (χ0) is 15.6. The van der Waals surface area contributed by atoms with Crippen molar-refractivity contribution in [1.29, 1.82) is 0 Å². The van der Waals surface area contributed by atoms with Gasteiger partial charge in [-0.3, -0.25) is 15.1 Å². The normalized spacial score (nSPS) is 22.6. The van der Waals surface area contributed by atoms with Crippen molar-refractivity contribution < 1.29 is 4.92 Å². The first-order chi connectivity index (χ1) is 9.86. The molecular formula is C13H15ClN4O2S. The van der Waals surface area contributed by atoms with Crippen LogP contribution in [0.15, 0.2) is 35.2 Å². The van der Waals surface area contributed by atoms with Gasteiger partial charge in [0.1, 0.15) is 0 Å². The van der Waals surface area contributed by atoms with Gasteiger partial charge in [0.05, 0.1) is 11.1 Å². The zero-order valence-electron chi connectivity index (χ0n) is 11.9. The second kappa shape index (κ2) is 5.95. The van der Waals surface area contributed by atoms with Gasteiger partial charge in [0.25, 0.3) is 5.70 Å².